The van der Waals surface area contributed by atoms with Crippen LogP contribution in [-0.4, -0.2) is 17.7 Å². The molecule has 2 nitrogen and oxygen atoms in total. The SMILES string of the molecule is Cl.OC(c1ccccc1)(c1ccccc1)[C@H]1CCCN1. The second-order valence-corrected chi connectivity index (χ2v) is 5.15. The molecule has 1 saturated heterocycles. The van der Waals surface area contributed by atoms with Crippen molar-refractivity contribution in [1.82, 2.24) is 5.32 Å². The molecule has 0 unspecified atom stereocenters. The maximum absolute atomic E-state index is 11.4. The van der Waals surface area contributed by atoms with Crippen LogP contribution < -0.4 is 5.32 Å². The van der Waals surface area contributed by atoms with Gasteiger partial charge in [-0.05, 0) is 30.5 Å². The summed E-state index contributed by atoms with van der Waals surface area (Å²) in [6, 6.07) is 20.0. The number of rotatable bonds is 3. The number of hydrogen-bond donors (Lipinski definition) is 2. The molecule has 2 aromatic carbocycles. The standard InChI is InChI=1S/C17H19NO.ClH/c19-17(16-12-7-13-18-16,14-8-3-1-4-9-14)15-10-5-2-6-11-15;/h1-6,8-11,16,18-19H,7,12-13H2;1H/t16-;/m1./s1. The lowest BCUT2D eigenvalue weighted by Crippen LogP contribution is -2.46. The predicted molar refractivity (Wildman–Crippen MR) is 84.2 cm³/mol. The van der Waals surface area contributed by atoms with Crippen LogP contribution in [-0.2, 0) is 5.60 Å². The first-order valence-corrected chi connectivity index (χ1v) is 6.88. The van der Waals surface area contributed by atoms with E-state index < -0.39 is 5.60 Å². The van der Waals surface area contributed by atoms with Gasteiger partial charge in [0.05, 0.1) is 0 Å². The highest BCUT2D eigenvalue weighted by Gasteiger charge is 2.41. The Morgan fingerprint density at radius 2 is 1.40 bits per heavy atom. The minimum absolute atomic E-state index is 0. The fourth-order valence-electron chi connectivity index (χ4n) is 2.99. The molecule has 2 aromatic rings. The first kappa shape index (κ1) is 15.0. The minimum Gasteiger partial charge on any atom is -0.379 e. The third kappa shape index (κ3) is 2.59. The highest BCUT2D eigenvalue weighted by molar-refractivity contribution is 5.85. The average molecular weight is 290 g/mol. The second kappa shape index (κ2) is 6.40. The van der Waals surface area contributed by atoms with Crippen molar-refractivity contribution < 1.29 is 5.11 Å². The molecule has 0 bridgehead atoms. The number of benzene rings is 2. The third-order valence-corrected chi connectivity index (χ3v) is 3.99. The van der Waals surface area contributed by atoms with Crippen LogP contribution >= 0.6 is 12.4 Å². The summed E-state index contributed by atoms with van der Waals surface area (Å²) in [5, 5.41) is 14.8. The Morgan fingerprint density at radius 3 is 1.80 bits per heavy atom. The fourth-order valence-corrected chi connectivity index (χ4v) is 2.99. The quantitative estimate of drug-likeness (QED) is 0.910. The van der Waals surface area contributed by atoms with Crippen molar-refractivity contribution in [3.63, 3.8) is 0 Å². The normalized spacial score (nSPS) is 18.6. The molecule has 1 atom stereocenters. The number of halogens is 1. The largest absolute Gasteiger partial charge is 0.379 e. The number of nitrogens with one attached hydrogen (secondary N) is 1. The van der Waals surface area contributed by atoms with Crippen LogP contribution in [0.4, 0.5) is 0 Å². The zero-order chi connectivity index (χ0) is 13.1. The van der Waals surface area contributed by atoms with Gasteiger partial charge < -0.3 is 10.4 Å². The van der Waals surface area contributed by atoms with E-state index >= 15 is 0 Å². The zero-order valence-corrected chi connectivity index (χ0v) is 12.1. The zero-order valence-electron chi connectivity index (χ0n) is 11.3. The second-order valence-electron chi connectivity index (χ2n) is 5.15. The lowest BCUT2D eigenvalue weighted by atomic mass is 9.79. The Labute approximate surface area is 126 Å². The molecule has 0 radical (unpaired) electrons. The molecule has 1 heterocycles. The van der Waals surface area contributed by atoms with Gasteiger partial charge in [-0.2, -0.15) is 0 Å². The van der Waals surface area contributed by atoms with Gasteiger partial charge in [-0.3, -0.25) is 0 Å². The molecule has 20 heavy (non-hydrogen) atoms. The van der Waals surface area contributed by atoms with Crippen molar-refractivity contribution in [3.8, 4) is 0 Å². The van der Waals surface area contributed by atoms with Crippen LogP contribution in [0.15, 0.2) is 60.7 Å². The minimum atomic E-state index is -0.945. The number of hydrogen-bond acceptors (Lipinski definition) is 2. The van der Waals surface area contributed by atoms with Crippen LogP contribution in [0.25, 0.3) is 0 Å². The summed E-state index contributed by atoms with van der Waals surface area (Å²) in [4.78, 5) is 0. The van der Waals surface area contributed by atoms with E-state index in [-0.39, 0.29) is 18.4 Å². The van der Waals surface area contributed by atoms with E-state index in [0.29, 0.717) is 0 Å². The predicted octanol–water partition coefficient (Wildman–Crippen LogP) is 3.10. The summed E-state index contributed by atoms with van der Waals surface area (Å²) in [6.07, 6.45) is 2.12. The van der Waals surface area contributed by atoms with Gasteiger partial charge >= 0.3 is 0 Å². The van der Waals surface area contributed by atoms with Crippen LogP contribution in [0.2, 0.25) is 0 Å². The Bertz CT molecular complexity index is 484. The Kier molecular flexibility index (Phi) is 4.81. The van der Waals surface area contributed by atoms with Gasteiger partial charge in [-0.1, -0.05) is 60.7 Å². The van der Waals surface area contributed by atoms with Gasteiger partial charge in [-0.15, -0.1) is 12.4 Å². The highest BCUT2D eigenvalue weighted by Crippen LogP contribution is 2.36. The van der Waals surface area contributed by atoms with Crippen molar-refractivity contribution in [1.29, 1.82) is 0 Å². The van der Waals surface area contributed by atoms with Gasteiger partial charge in [0, 0.05) is 6.04 Å². The molecule has 1 fully saturated rings. The lowest BCUT2D eigenvalue weighted by molar-refractivity contribution is 0.0442. The smallest absolute Gasteiger partial charge is 0.130 e. The molecule has 1 aliphatic rings. The van der Waals surface area contributed by atoms with Crippen LogP contribution in [0.5, 0.6) is 0 Å². The molecule has 0 amide bonds. The van der Waals surface area contributed by atoms with Gasteiger partial charge in [0.2, 0.25) is 0 Å². The average Bonchev–Trinajstić information content (AvgIpc) is 3.03. The summed E-state index contributed by atoms with van der Waals surface area (Å²) in [5.41, 5.74) is 0.972. The molecule has 3 heteroatoms. The van der Waals surface area contributed by atoms with Crippen molar-refractivity contribution in [2.45, 2.75) is 24.5 Å². The summed E-state index contributed by atoms with van der Waals surface area (Å²) in [5.74, 6) is 0. The Hall–Kier alpha value is -1.35. The van der Waals surface area contributed by atoms with Gasteiger partial charge in [-0.25, -0.2) is 0 Å². The maximum Gasteiger partial charge on any atom is 0.130 e. The highest BCUT2D eigenvalue weighted by atomic mass is 35.5. The number of aliphatic hydroxyl groups is 1. The monoisotopic (exact) mass is 289 g/mol. The maximum atomic E-state index is 11.4. The molecule has 0 aromatic heterocycles. The Balaban J connectivity index is 0.00000147. The molecule has 106 valence electrons. The molecule has 3 rings (SSSR count). The first-order valence-electron chi connectivity index (χ1n) is 6.88. The van der Waals surface area contributed by atoms with E-state index in [1.165, 1.54) is 0 Å². The lowest BCUT2D eigenvalue weighted by Gasteiger charge is -2.35. The molecular weight excluding hydrogens is 270 g/mol. The van der Waals surface area contributed by atoms with Crippen molar-refractivity contribution in [3.05, 3.63) is 71.8 Å². The van der Waals surface area contributed by atoms with E-state index in [9.17, 15) is 5.11 Å². The van der Waals surface area contributed by atoms with Crippen LogP contribution in [0, 0.1) is 0 Å². The molecule has 0 saturated carbocycles. The van der Waals surface area contributed by atoms with Gasteiger partial charge in [0.25, 0.3) is 0 Å². The first-order chi connectivity index (χ1) is 9.32. The summed E-state index contributed by atoms with van der Waals surface area (Å²) in [6.45, 7) is 0.979. The van der Waals surface area contributed by atoms with Crippen LogP contribution in [0.3, 0.4) is 0 Å². The van der Waals surface area contributed by atoms with Crippen molar-refractivity contribution >= 4 is 12.4 Å². The molecule has 1 aliphatic heterocycles. The summed E-state index contributed by atoms with van der Waals surface area (Å²) >= 11 is 0. The van der Waals surface area contributed by atoms with E-state index in [1.807, 2.05) is 60.7 Å². The van der Waals surface area contributed by atoms with E-state index in [0.717, 1.165) is 30.5 Å². The van der Waals surface area contributed by atoms with Crippen molar-refractivity contribution in [2.24, 2.45) is 0 Å². The van der Waals surface area contributed by atoms with Crippen LogP contribution in [0.1, 0.15) is 24.0 Å². The molecule has 0 spiro atoms. The molecule has 2 N–H and O–H groups in total. The molecular formula is C17H20ClNO. The summed E-state index contributed by atoms with van der Waals surface area (Å²) in [7, 11) is 0. The van der Waals surface area contributed by atoms with Gasteiger partial charge in [0.1, 0.15) is 5.60 Å². The topological polar surface area (TPSA) is 32.3 Å². The van der Waals surface area contributed by atoms with E-state index in [4.69, 9.17) is 0 Å². The van der Waals surface area contributed by atoms with E-state index in [2.05, 4.69) is 5.32 Å². The molecule has 0 aliphatic carbocycles. The van der Waals surface area contributed by atoms with Crippen molar-refractivity contribution in [2.75, 3.05) is 6.54 Å². The summed E-state index contributed by atoms with van der Waals surface area (Å²) < 4.78 is 0. The third-order valence-electron chi connectivity index (χ3n) is 3.99. The Morgan fingerprint density at radius 1 is 0.900 bits per heavy atom. The fraction of sp³-hybridized carbons (Fsp3) is 0.294. The van der Waals surface area contributed by atoms with Gasteiger partial charge in [0.15, 0.2) is 0 Å². The van der Waals surface area contributed by atoms with E-state index in [1.54, 1.807) is 0 Å².